The third-order valence-corrected chi connectivity index (χ3v) is 4.26. The third kappa shape index (κ3) is 2.68. The van der Waals surface area contributed by atoms with Crippen LogP contribution in [0, 0.1) is 5.92 Å². The molecule has 0 bridgehead atoms. The maximum absolute atomic E-state index is 12.3. The molecule has 0 saturated carbocycles. The molecule has 0 aromatic heterocycles. The minimum absolute atomic E-state index is 0.0368. The van der Waals surface area contributed by atoms with E-state index in [-0.39, 0.29) is 18.6 Å². The third-order valence-electron chi connectivity index (χ3n) is 4.26. The number of hydroxylamine groups is 2. The molecular formula is C14H19NO7. The van der Waals surface area contributed by atoms with Gasteiger partial charge in [-0.3, -0.25) is 19.2 Å². The van der Waals surface area contributed by atoms with Crippen molar-refractivity contribution >= 4 is 17.9 Å². The van der Waals surface area contributed by atoms with Crippen molar-refractivity contribution in [1.82, 2.24) is 5.06 Å². The van der Waals surface area contributed by atoms with E-state index in [1.54, 1.807) is 5.06 Å². The second-order valence-electron chi connectivity index (χ2n) is 5.80. The van der Waals surface area contributed by atoms with Crippen LogP contribution in [0.4, 0.5) is 0 Å². The Kier molecular flexibility index (Phi) is 4.05. The van der Waals surface area contributed by atoms with Gasteiger partial charge in [0.2, 0.25) is 0 Å². The Morgan fingerprint density at radius 2 is 2.09 bits per heavy atom. The lowest BCUT2D eigenvalue weighted by molar-refractivity contribution is -0.227. The molecule has 0 aliphatic carbocycles. The summed E-state index contributed by atoms with van der Waals surface area (Å²) in [4.78, 5) is 40.5. The van der Waals surface area contributed by atoms with Gasteiger partial charge in [0, 0.05) is 20.4 Å². The van der Waals surface area contributed by atoms with Crippen molar-refractivity contribution in [3.05, 3.63) is 0 Å². The second kappa shape index (κ2) is 5.85. The van der Waals surface area contributed by atoms with Gasteiger partial charge in [0.1, 0.15) is 18.6 Å². The van der Waals surface area contributed by atoms with Crippen LogP contribution in [0.5, 0.6) is 0 Å². The lowest BCUT2D eigenvalue weighted by atomic mass is 9.86. The van der Waals surface area contributed by atoms with Crippen LogP contribution in [0.2, 0.25) is 0 Å². The number of ether oxygens (including phenoxy) is 3. The van der Waals surface area contributed by atoms with Crippen LogP contribution in [0.1, 0.15) is 26.7 Å². The average molecular weight is 313 g/mol. The van der Waals surface area contributed by atoms with Crippen LogP contribution in [0.25, 0.3) is 0 Å². The average Bonchev–Trinajstić information content (AvgIpc) is 2.99. The first-order valence-corrected chi connectivity index (χ1v) is 7.42. The fourth-order valence-electron chi connectivity index (χ4n) is 3.42. The number of carbonyl (C=O) groups is 3. The lowest BCUT2D eigenvalue weighted by Crippen LogP contribution is -2.56. The largest absolute Gasteiger partial charge is 0.462 e. The van der Waals surface area contributed by atoms with Gasteiger partial charge in [0.25, 0.3) is 0 Å². The van der Waals surface area contributed by atoms with Crippen LogP contribution in [-0.2, 0) is 33.4 Å². The Balaban J connectivity index is 1.80. The number of esters is 3. The zero-order valence-electron chi connectivity index (χ0n) is 12.5. The Bertz CT molecular complexity index is 494. The summed E-state index contributed by atoms with van der Waals surface area (Å²) in [7, 11) is 0. The van der Waals surface area contributed by atoms with Crippen LogP contribution in [-0.4, -0.2) is 60.5 Å². The summed E-state index contributed by atoms with van der Waals surface area (Å²) in [5, 5.41) is 1.78. The van der Waals surface area contributed by atoms with E-state index in [9.17, 15) is 14.4 Å². The molecule has 3 heterocycles. The van der Waals surface area contributed by atoms with Crippen molar-refractivity contribution < 1.29 is 33.4 Å². The lowest BCUT2D eigenvalue weighted by Gasteiger charge is -2.36. The molecule has 3 aliphatic heterocycles. The normalized spacial score (nSPS) is 37.2. The molecule has 3 rings (SSSR count). The van der Waals surface area contributed by atoms with Crippen LogP contribution >= 0.6 is 0 Å². The minimum Gasteiger partial charge on any atom is -0.462 e. The maximum atomic E-state index is 12.3. The van der Waals surface area contributed by atoms with E-state index in [4.69, 9.17) is 19.0 Å². The molecular weight excluding hydrogens is 294 g/mol. The maximum Gasteiger partial charge on any atom is 0.314 e. The summed E-state index contributed by atoms with van der Waals surface area (Å²) in [6.07, 6.45) is -0.406. The molecule has 0 N–H and O–H groups in total. The van der Waals surface area contributed by atoms with Crippen LogP contribution < -0.4 is 0 Å². The van der Waals surface area contributed by atoms with Crippen molar-refractivity contribution in [2.24, 2.45) is 5.92 Å². The Labute approximate surface area is 127 Å². The summed E-state index contributed by atoms with van der Waals surface area (Å²) in [5.41, 5.74) is 0. The van der Waals surface area contributed by atoms with Gasteiger partial charge in [-0.05, 0) is 12.8 Å². The van der Waals surface area contributed by atoms with Crippen LogP contribution in [0.3, 0.4) is 0 Å². The zero-order chi connectivity index (χ0) is 15.9. The minimum atomic E-state index is -0.846. The molecule has 3 saturated heterocycles. The summed E-state index contributed by atoms with van der Waals surface area (Å²) in [6.45, 7) is 3.13. The van der Waals surface area contributed by atoms with Gasteiger partial charge >= 0.3 is 17.9 Å². The molecule has 0 amide bonds. The molecule has 0 spiro atoms. The van der Waals surface area contributed by atoms with Gasteiger partial charge < -0.3 is 14.2 Å². The highest BCUT2D eigenvalue weighted by atomic mass is 16.7. The van der Waals surface area contributed by atoms with Gasteiger partial charge in [-0.1, -0.05) is 0 Å². The molecule has 0 radical (unpaired) electrons. The van der Waals surface area contributed by atoms with Gasteiger partial charge in [0.05, 0.1) is 6.04 Å². The van der Waals surface area contributed by atoms with E-state index in [2.05, 4.69) is 0 Å². The van der Waals surface area contributed by atoms with Gasteiger partial charge in [-0.15, -0.1) is 0 Å². The van der Waals surface area contributed by atoms with E-state index in [0.717, 1.165) is 19.4 Å². The first-order valence-electron chi connectivity index (χ1n) is 7.42. The molecule has 0 aromatic rings. The van der Waals surface area contributed by atoms with Gasteiger partial charge in [-0.2, -0.15) is 5.06 Å². The highest BCUT2D eigenvalue weighted by Gasteiger charge is 2.59. The summed E-state index contributed by atoms with van der Waals surface area (Å²) >= 11 is 0. The van der Waals surface area contributed by atoms with E-state index in [1.165, 1.54) is 13.8 Å². The molecule has 3 fully saturated rings. The predicted octanol–water partition coefficient (Wildman–Crippen LogP) is -0.199. The fraction of sp³-hybridized carbons (Fsp3) is 0.786. The van der Waals surface area contributed by atoms with Crippen molar-refractivity contribution in [2.75, 3.05) is 13.2 Å². The van der Waals surface area contributed by atoms with Crippen molar-refractivity contribution in [3.8, 4) is 0 Å². The Morgan fingerprint density at radius 1 is 1.32 bits per heavy atom. The molecule has 5 atom stereocenters. The van der Waals surface area contributed by atoms with E-state index in [0.29, 0.717) is 0 Å². The first kappa shape index (κ1) is 15.2. The Hall–Kier alpha value is -1.67. The Morgan fingerprint density at radius 3 is 2.77 bits per heavy atom. The zero-order valence-corrected chi connectivity index (χ0v) is 12.5. The smallest absolute Gasteiger partial charge is 0.314 e. The number of carbonyl (C=O) groups excluding carboxylic acids is 3. The molecule has 8 heteroatoms. The summed E-state index contributed by atoms with van der Waals surface area (Å²) in [5.74, 6) is -1.85. The number of nitrogens with zero attached hydrogens (tertiary/aromatic N) is 1. The van der Waals surface area contributed by atoms with Crippen molar-refractivity contribution in [3.63, 3.8) is 0 Å². The highest BCUT2D eigenvalue weighted by Crippen LogP contribution is 2.41. The van der Waals surface area contributed by atoms with Gasteiger partial charge in [-0.25, -0.2) is 0 Å². The SMILES string of the molecule is CC(=O)OC[C@H]1OC(=O)[C@H]2[C@H](ON3CCC[C@@H]23)[C@H]1OC(C)=O. The summed E-state index contributed by atoms with van der Waals surface area (Å²) < 4.78 is 15.6. The number of hydrogen-bond donors (Lipinski definition) is 0. The summed E-state index contributed by atoms with van der Waals surface area (Å²) in [6, 6.07) is -0.0368. The molecule has 22 heavy (non-hydrogen) atoms. The number of fused-ring (bicyclic) bond motifs is 3. The van der Waals surface area contributed by atoms with E-state index in [1.807, 2.05) is 0 Å². The standard InChI is InChI=1S/C14H19NO7/c1-7(16)19-6-10-12(20-8(2)17)13-11(14(18)21-10)9-4-3-5-15(9)22-13/h9-13H,3-6H2,1-2H3/t9-,10+,11+,12-,13-/m0/s1. The molecule has 0 aromatic carbocycles. The van der Waals surface area contributed by atoms with Crippen molar-refractivity contribution in [1.29, 1.82) is 0 Å². The first-order chi connectivity index (χ1) is 10.5. The molecule has 0 unspecified atom stereocenters. The topological polar surface area (TPSA) is 91.4 Å². The monoisotopic (exact) mass is 313 g/mol. The van der Waals surface area contributed by atoms with Crippen molar-refractivity contribution in [2.45, 2.75) is 51.0 Å². The molecule has 8 nitrogen and oxygen atoms in total. The predicted molar refractivity (Wildman–Crippen MR) is 70.2 cm³/mol. The number of rotatable bonds is 3. The van der Waals surface area contributed by atoms with Crippen LogP contribution in [0.15, 0.2) is 0 Å². The van der Waals surface area contributed by atoms with E-state index >= 15 is 0 Å². The fourth-order valence-corrected chi connectivity index (χ4v) is 3.42. The van der Waals surface area contributed by atoms with E-state index < -0.39 is 36.2 Å². The number of cyclic esters (lactones) is 1. The number of hydrogen-bond acceptors (Lipinski definition) is 8. The highest BCUT2D eigenvalue weighted by molar-refractivity contribution is 5.76. The molecule has 122 valence electrons. The van der Waals surface area contributed by atoms with Gasteiger partial charge in [0.15, 0.2) is 12.2 Å². The quantitative estimate of drug-likeness (QED) is 0.522. The molecule has 3 aliphatic rings. The second-order valence-corrected chi connectivity index (χ2v) is 5.80.